The van der Waals surface area contributed by atoms with Crippen LogP contribution < -0.4 is 15.6 Å². The van der Waals surface area contributed by atoms with Crippen molar-refractivity contribution in [2.45, 2.75) is 13.5 Å². The lowest BCUT2D eigenvalue weighted by molar-refractivity contribution is 0.402. The lowest BCUT2D eigenvalue weighted by Crippen LogP contribution is -2.19. The number of ether oxygens (including phenoxy) is 1. The quantitative estimate of drug-likeness (QED) is 0.631. The summed E-state index contributed by atoms with van der Waals surface area (Å²) in [6, 6.07) is 13.1. The van der Waals surface area contributed by atoms with Crippen LogP contribution in [0.5, 0.6) is 5.75 Å². The summed E-state index contributed by atoms with van der Waals surface area (Å²) in [6.07, 6.45) is 2.92. The second-order valence-electron chi connectivity index (χ2n) is 5.99. The Morgan fingerprint density at radius 2 is 2.00 bits per heavy atom. The van der Waals surface area contributed by atoms with Crippen LogP contribution in [0, 0.1) is 12.3 Å². The highest BCUT2D eigenvalue weighted by atomic mass is 35.5. The normalized spacial score (nSPS) is 10.5. The van der Waals surface area contributed by atoms with Crippen molar-refractivity contribution in [3.05, 3.63) is 80.7 Å². The van der Waals surface area contributed by atoms with Gasteiger partial charge in [-0.25, -0.2) is 0 Å². The molecule has 3 rings (SSSR count). The Morgan fingerprint density at radius 1 is 1.26 bits per heavy atom. The van der Waals surface area contributed by atoms with E-state index in [1.54, 1.807) is 10.8 Å². The number of halogens is 1. The first-order valence-corrected chi connectivity index (χ1v) is 8.66. The van der Waals surface area contributed by atoms with Crippen LogP contribution >= 0.6 is 11.6 Å². The molecule has 0 fully saturated rings. The van der Waals surface area contributed by atoms with Crippen molar-refractivity contribution >= 4 is 29.5 Å². The first kappa shape index (κ1) is 18.7. The molecular weight excluding hydrogens is 364 g/mol. The van der Waals surface area contributed by atoms with Gasteiger partial charge in [-0.2, -0.15) is 4.98 Å². The Labute approximate surface area is 161 Å². The van der Waals surface area contributed by atoms with E-state index in [-0.39, 0.29) is 5.75 Å². The predicted molar refractivity (Wildman–Crippen MR) is 108 cm³/mol. The van der Waals surface area contributed by atoms with E-state index in [1.807, 2.05) is 49.4 Å². The Hall–Kier alpha value is -3.12. The Balaban J connectivity index is 2.01. The molecule has 0 radical (unpaired) electrons. The fourth-order valence-electron chi connectivity index (χ4n) is 2.61. The van der Waals surface area contributed by atoms with Gasteiger partial charge in [-0.15, -0.1) is 0 Å². The molecule has 6 nitrogen and oxygen atoms in total. The van der Waals surface area contributed by atoms with E-state index < -0.39 is 5.56 Å². The van der Waals surface area contributed by atoms with Gasteiger partial charge < -0.3 is 20.0 Å². The maximum Gasteiger partial charge on any atom is 0.316 e. The molecule has 0 saturated heterocycles. The summed E-state index contributed by atoms with van der Waals surface area (Å²) < 4.78 is 6.94. The molecule has 1 heterocycles. The standard InChI is InChI=1S/C20H19ClN4O2/c1-13-16(21)4-3-5-17(13)23-20-24-19(26)18(27-2)12-25(20)11-15-8-6-14(10-22)7-9-15/h3-10,12,22H,11H2,1-2H3,(H,23,24,26). The summed E-state index contributed by atoms with van der Waals surface area (Å²) in [4.78, 5) is 16.3. The van der Waals surface area contributed by atoms with Crippen LogP contribution in [0.25, 0.3) is 0 Å². The summed E-state index contributed by atoms with van der Waals surface area (Å²) in [5.41, 5.74) is 3.01. The third-order valence-electron chi connectivity index (χ3n) is 4.20. The van der Waals surface area contributed by atoms with Gasteiger partial charge in [-0.3, -0.25) is 4.79 Å². The van der Waals surface area contributed by atoms with Crippen molar-refractivity contribution in [1.82, 2.24) is 9.55 Å². The number of methoxy groups -OCH3 is 1. The third kappa shape index (κ3) is 4.17. The van der Waals surface area contributed by atoms with Crippen molar-refractivity contribution in [3.8, 4) is 5.75 Å². The fourth-order valence-corrected chi connectivity index (χ4v) is 2.79. The van der Waals surface area contributed by atoms with Crippen LogP contribution in [0.15, 0.2) is 53.5 Å². The first-order chi connectivity index (χ1) is 13.0. The van der Waals surface area contributed by atoms with Gasteiger partial charge in [0.1, 0.15) is 0 Å². The molecular formula is C20H19ClN4O2. The van der Waals surface area contributed by atoms with Crippen LogP contribution in [0.2, 0.25) is 5.02 Å². The molecule has 0 aliphatic heterocycles. The lowest BCUT2D eigenvalue weighted by atomic mass is 10.1. The van der Waals surface area contributed by atoms with E-state index in [0.29, 0.717) is 17.5 Å². The highest BCUT2D eigenvalue weighted by Gasteiger charge is 2.11. The predicted octanol–water partition coefficient (Wildman–Crippen LogP) is 4.00. The second kappa shape index (κ2) is 8.05. The highest BCUT2D eigenvalue weighted by molar-refractivity contribution is 6.31. The SMILES string of the molecule is COc1cn(Cc2ccc(C=N)cc2)c(Nc2cccc(Cl)c2C)nc1=O. The Morgan fingerprint density at radius 3 is 2.67 bits per heavy atom. The van der Waals surface area contributed by atoms with E-state index in [1.165, 1.54) is 13.3 Å². The van der Waals surface area contributed by atoms with Gasteiger partial charge in [0.15, 0.2) is 0 Å². The monoisotopic (exact) mass is 382 g/mol. The minimum absolute atomic E-state index is 0.166. The molecule has 0 aliphatic carbocycles. The summed E-state index contributed by atoms with van der Waals surface area (Å²) >= 11 is 6.19. The summed E-state index contributed by atoms with van der Waals surface area (Å²) in [7, 11) is 1.44. The zero-order valence-electron chi connectivity index (χ0n) is 15.0. The van der Waals surface area contributed by atoms with Crippen LogP contribution in [0.1, 0.15) is 16.7 Å². The van der Waals surface area contributed by atoms with Crippen LogP contribution in [-0.4, -0.2) is 22.9 Å². The van der Waals surface area contributed by atoms with Gasteiger partial charge in [0.2, 0.25) is 11.7 Å². The molecule has 0 atom stereocenters. The number of rotatable bonds is 6. The molecule has 0 spiro atoms. The van der Waals surface area contributed by atoms with E-state index in [4.69, 9.17) is 21.7 Å². The number of benzene rings is 2. The van der Waals surface area contributed by atoms with Crippen molar-refractivity contribution in [1.29, 1.82) is 5.41 Å². The maximum atomic E-state index is 12.2. The number of aromatic nitrogens is 2. The zero-order chi connectivity index (χ0) is 19.4. The lowest BCUT2D eigenvalue weighted by Gasteiger charge is -2.16. The molecule has 7 heteroatoms. The fraction of sp³-hybridized carbons (Fsp3) is 0.150. The molecule has 0 saturated carbocycles. The number of hydrogen-bond acceptors (Lipinski definition) is 5. The third-order valence-corrected chi connectivity index (χ3v) is 4.61. The van der Waals surface area contributed by atoms with Crippen molar-refractivity contribution in [2.75, 3.05) is 12.4 Å². The molecule has 2 N–H and O–H groups in total. The first-order valence-electron chi connectivity index (χ1n) is 8.29. The molecule has 0 aliphatic rings. The summed E-state index contributed by atoms with van der Waals surface area (Å²) in [5, 5.41) is 11.1. The van der Waals surface area contributed by atoms with Crippen LogP contribution in [0.3, 0.4) is 0 Å². The van der Waals surface area contributed by atoms with Gasteiger partial charge >= 0.3 is 5.56 Å². The van der Waals surface area contributed by atoms with Crippen LogP contribution in [0.4, 0.5) is 11.6 Å². The van der Waals surface area contributed by atoms with Crippen molar-refractivity contribution in [2.24, 2.45) is 0 Å². The molecule has 138 valence electrons. The Bertz CT molecular complexity index is 1030. The molecule has 0 unspecified atom stereocenters. The number of nitrogens with zero attached hydrogens (tertiary/aromatic N) is 2. The molecule has 1 aromatic heterocycles. The summed E-state index contributed by atoms with van der Waals surface area (Å²) in [6.45, 7) is 2.37. The van der Waals surface area contributed by atoms with E-state index in [2.05, 4.69) is 10.3 Å². The largest absolute Gasteiger partial charge is 0.490 e. The zero-order valence-corrected chi connectivity index (χ0v) is 15.7. The molecule has 0 bridgehead atoms. The van der Waals surface area contributed by atoms with E-state index in [9.17, 15) is 4.79 Å². The highest BCUT2D eigenvalue weighted by Crippen LogP contribution is 2.26. The van der Waals surface area contributed by atoms with Crippen molar-refractivity contribution in [3.63, 3.8) is 0 Å². The minimum Gasteiger partial charge on any atom is -0.490 e. The van der Waals surface area contributed by atoms with Gasteiger partial charge in [0, 0.05) is 16.9 Å². The van der Waals surface area contributed by atoms with Gasteiger partial charge in [-0.05, 0) is 35.7 Å². The Kier molecular flexibility index (Phi) is 5.57. The average molecular weight is 383 g/mol. The smallest absolute Gasteiger partial charge is 0.316 e. The molecule has 0 amide bonds. The van der Waals surface area contributed by atoms with E-state index >= 15 is 0 Å². The second-order valence-corrected chi connectivity index (χ2v) is 6.40. The van der Waals surface area contributed by atoms with Gasteiger partial charge in [-0.1, -0.05) is 41.9 Å². The number of anilines is 2. The van der Waals surface area contributed by atoms with Gasteiger partial charge in [0.25, 0.3) is 0 Å². The average Bonchev–Trinajstić information content (AvgIpc) is 2.68. The number of hydrogen-bond donors (Lipinski definition) is 2. The summed E-state index contributed by atoms with van der Waals surface area (Å²) in [5.74, 6) is 0.557. The minimum atomic E-state index is -0.449. The molecule has 3 aromatic rings. The molecule has 2 aromatic carbocycles. The molecule has 27 heavy (non-hydrogen) atoms. The topological polar surface area (TPSA) is 80.0 Å². The van der Waals surface area contributed by atoms with Crippen molar-refractivity contribution < 1.29 is 4.74 Å². The maximum absolute atomic E-state index is 12.2. The van der Waals surface area contributed by atoms with E-state index in [0.717, 1.165) is 22.4 Å². The number of nitrogens with one attached hydrogen (secondary N) is 2. The van der Waals surface area contributed by atoms with Gasteiger partial charge in [0.05, 0.1) is 19.9 Å². The van der Waals surface area contributed by atoms with Crippen LogP contribution in [-0.2, 0) is 6.54 Å².